The second-order valence-corrected chi connectivity index (χ2v) is 5.99. The van der Waals surface area contributed by atoms with Gasteiger partial charge in [-0.05, 0) is 43.2 Å². The summed E-state index contributed by atoms with van der Waals surface area (Å²) in [4.78, 5) is 8.74. The maximum atomic E-state index is 6.19. The van der Waals surface area contributed by atoms with Gasteiger partial charge in [0.2, 0.25) is 0 Å². The first-order chi connectivity index (χ1) is 10.6. The highest BCUT2D eigenvalue weighted by Gasteiger charge is 2.12. The highest BCUT2D eigenvalue weighted by atomic mass is 35.5. The number of aromatic nitrogens is 3. The van der Waals surface area contributed by atoms with E-state index in [-0.39, 0.29) is 6.04 Å². The van der Waals surface area contributed by atoms with Crippen LogP contribution in [0.1, 0.15) is 29.9 Å². The van der Waals surface area contributed by atoms with E-state index in [1.54, 1.807) is 12.4 Å². The van der Waals surface area contributed by atoms with Crippen molar-refractivity contribution in [3.8, 4) is 0 Å². The number of benzene rings is 1. The van der Waals surface area contributed by atoms with Gasteiger partial charge in [-0.1, -0.05) is 17.7 Å². The molecule has 0 bridgehead atoms. The van der Waals surface area contributed by atoms with E-state index < -0.39 is 0 Å². The minimum Gasteiger partial charge on any atom is -0.330 e. The summed E-state index contributed by atoms with van der Waals surface area (Å²) in [7, 11) is 2.05. The maximum Gasteiger partial charge on any atom is 0.123 e. The van der Waals surface area contributed by atoms with Gasteiger partial charge in [0, 0.05) is 25.5 Å². The third kappa shape index (κ3) is 2.85. The lowest BCUT2D eigenvalue weighted by Gasteiger charge is -2.15. The van der Waals surface area contributed by atoms with Crippen molar-refractivity contribution in [1.29, 1.82) is 0 Å². The molecule has 1 atom stereocenters. The third-order valence-electron chi connectivity index (χ3n) is 3.97. The fraction of sp³-hybridized carbons (Fsp3) is 0.294. The Labute approximate surface area is 135 Å². The average Bonchev–Trinajstić information content (AvgIpc) is 2.81. The molecule has 3 aromatic rings. The second-order valence-electron chi connectivity index (χ2n) is 5.58. The molecule has 0 aliphatic carbocycles. The van der Waals surface area contributed by atoms with Gasteiger partial charge >= 0.3 is 0 Å². The van der Waals surface area contributed by atoms with E-state index in [0.717, 1.165) is 22.4 Å². The number of nitrogens with one attached hydrogen (secondary N) is 1. The lowest BCUT2D eigenvalue weighted by atomic mass is 10.1. The van der Waals surface area contributed by atoms with Crippen LogP contribution in [0, 0.1) is 6.92 Å². The van der Waals surface area contributed by atoms with Crippen molar-refractivity contribution in [2.45, 2.75) is 26.4 Å². The number of pyridine rings is 1. The Bertz CT molecular complexity index is 810. The molecular weight excluding hydrogens is 296 g/mol. The molecule has 0 saturated carbocycles. The first-order valence-electron chi connectivity index (χ1n) is 7.31. The SMILES string of the molecule is Cc1ccc2c(c1)nc(CNC(C)c1ccncc1Cl)n2C. The molecule has 1 aromatic carbocycles. The van der Waals surface area contributed by atoms with Gasteiger partial charge in [0.15, 0.2) is 0 Å². The summed E-state index contributed by atoms with van der Waals surface area (Å²) in [6.45, 7) is 4.86. The molecule has 0 aliphatic heterocycles. The number of aryl methyl sites for hydroxylation is 2. The highest BCUT2D eigenvalue weighted by Crippen LogP contribution is 2.22. The van der Waals surface area contributed by atoms with E-state index in [2.05, 4.69) is 46.9 Å². The van der Waals surface area contributed by atoms with Gasteiger partial charge in [0.05, 0.1) is 22.6 Å². The molecule has 5 heteroatoms. The zero-order valence-electron chi connectivity index (χ0n) is 13.0. The van der Waals surface area contributed by atoms with Gasteiger partial charge in [-0.25, -0.2) is 4.98 Å². The fourth-order valence-electron chi connectivity index (χ4n) is 2.61. The standard InChI is InChI=1S/C17H19ClN4/c1-11-4-5-16-15(8-11)21-17(22(16)3)10-20-12(2)13-6-7-19-9-14(13)18/h4-9,12,20H,10H2,1-3H3. The van der Waals surface area contributed by atoms with Crippen LogP contribution in [0.25, 0.3) is 11.0 Å². The summed E-state index contributed by atoms with van der Waals surface area (Å²) in [6, 6.07) is 8.42. The molecule has 0 fully saturated rings. The van der Waals surface area contributed by atoms with Crippen molar-refractivity contribution in [2.24, 2.45) is 7.05 Å². The Morgan fingerprint density at radius 3 is 2.91 bits per heavy atom. The molecule has 0 spiro atoms. The number of nitrogens with zero attached hydrogens (tertiary/aromatic N) is 3. The third-order valence-corrected chi connectivity index (χ3v) is 4.28. The van der Waals surface area contributed by atoms with Gasteiger partial charge in [-0.15, -0.1) is 0 Å². The van der Waals surface area contributed by atoms with Crippen LogP contribution in [0.5, 0.6) is 0 Å². The molecule has 0 amide bonds. The molecule has 114 valence electrons. The normalized spacial score (nSPS) is 12.7. The second kappa shape index (κ2) is 6.07. The molecular formula is C17H19ClN4. The summed E-state index contributed by atoms with van der Waals surface area (Å²) < 4.78 is 2.13. The largest absolute Gasteiger partial charge is 0.330 e. The summed E-state index contributed by atoms with van der Waals surface area (Å²) in [5.74, 6) is 1.01. The van der Waals surface area contributed by atoms with Crippen LogP contribution < -0.4 is 5.32 Å². The van der Waals surface area contributed by atoms with Crippen LogP contribution in [0.4, 0.5) is 0 Å². The number of hydrogen-bond acceptors (Lipinski definition) is 3. The molecule has 22 heavy (non-hydrogen) atoms. The zero-order chi connectivity index (χ0) is 15.7. The van der Waals surface area contributed by atoms with Crippen LogP contribution in [0.2, 0.25) is 5.02 Å². The van der Waals surface area contributed by atoms with E-state index in [1.807, 2.05) is 13.1 Å². The minimum atomic E-state index is 0.136. The number of hydrogen-bond donors (Lipinski definition) is 1. The summed E-state index contributed by atoms with van der Waals surface area (Å²) in [5, 5.41) is 4.16. The summed E-state index contributed by atoms with van der Waals surface area (Å²) >= 11 is 6.19. The molecule has 1 N–H and O–H groups in total. The molecule has 0 aliphatic rings. The Morgan fingerprint density at radius 1 is 1.32 bits per heavy atom. The van der Waals surface area contributed by atoms with Crippen LogP contribution >= 0.6 is 11.6 Å². The zero-order valence-corrected chi connectivity index (χ0v) is 13.7. The lowest BCUT2D eigenvalue weighted by Crippen LogP contribution is -2.20. The van der Waals surface area contributed by atoms with Crippen LogP contribution in [-0.2, 0) is 13.6 Å². The lowest BCUT2D eigenvalue weighted by molar-refractivity contribution is 0.551. The average molecular weight is 315 g/mol. The van der Waals surface area contributed by atoms with Crippen molar-refractivity contribution in [1.82, 2.24) is 19.9 Å². The summed E-state index contributed by atoms with van der Waals surface area (Å²) in [6.07, 6.45) is 3.43. The first kappa shape index (κ1) is 15.0. The van der Waals surface area contributed by atoms with Gasteiger partial charge in [-0.2, -0.15) is 0 Å². The molecule has 0 saturated heterocycles. The van der Waals surface area contributed by atoms with E-state index in [0.29, 0.717) is 11.6 Å². The predicted molar refractivity (Wildman–Crippen MR) is 90.0 cm³/mol. The van der Waals surface area contributed by atoms with Crippen molar-refractivity contribution in [3.05, 3.63) is 58.6 Å². The molecule has 3 rings (SSSR count). The Morgan fingerprint density at radius 2 is 2.14 bits per heavy atom. The minimum absolute atomic E-state index is 0.136. The van der Waals surface area contributed by atoms with Gasteiger partial charge < -0.3 is 9.88 Å². The van der Waals surface area contributed by atoms with Gasteiger partial charge in [-0.3, -0.25) is 4.98 Å². The quantitative estimate of drug-likeness (QED) is 0.797. The number of rotatable bonds is 4. The number of halogens is 1. The monoisotopic (exact) mass is 314 g/mol. The Balaban J connectivity index is 1.79. The molecule has 2 aromatic heterocycles. The van der Waals surface area contributed by atoms with Crippen LogP contribution in [-0.4, -0.2) is 14.5 Å². The molecule has 2 heterocycles. The first-order valence-corrected chi connectivity index (χ1v) is 7.69. The van der Waals surface area contributed by atoms with Crippen molar-refractivity contribution in [2.75, 3.05) is 0 Å². The highest BCUT2D eigenvalue weighted by molar-refractivity contribution is 6.31. The molecule has 4 nitrogen and oxygen atoms in total. The van der Waals surface area contributed by atoms with Crippen LogP contribution in [0.15, 0.2) is 36.7 Å². The fourth-order valence-corrected chi connectivity index (χ4v) is 2.89. The van der Waals surface area contributed by atoms with Crippen LogP contribution in [0.3, 0.4) is 0 Å². The molecule has 1 unspecified atom stereocenters. The Hall–Kier alpha value is -1.91. The van der Waals surface area contributed by atoms with Gasteiger partial charge in [0.25, 0.3) is 0 Å². The van der Waals surface area contributed by atoms with Crippen molar-refractivity contribution in [3.63, 3.8) is 0 Å². The number of fused-ring (bicyclic) bond motifs is 1. The topological polar surface area (TPSA) is 42.7 Å². The van der Waals surface area contributed by atoms with Gasteiger partial charge in [0.1, 0.15) is 5.82 Å². The molecule has 0 radical (unpaired) electrons. The van der Waals surface area contributed by atoms with E-state index in [1.165, 1.54) is 5.56 Å². The number of imidazole rings is 1. The van der Waals surface area contributed by atoms with Crippen molar-refractivity contribution < 1.29 is 0 Å². The van der Waals surface area contributed by atoms with E-state index in [9.17, 15) is 0 Å². The van der Waals surface area contributed by atoms with E-state index in [4.69, 9.17) is 16.6 Å². The Kier molecular flexibility index (Phi) is 4.14. The smallest absolute Gasteiger partial charge is 0.123 e. The predicted octanol–water partition coefficient (Wildman–Crippen LogP) is 3.78. The summed E-state index contributed by atoms with van der Waals surface area (Å²) in [5.41, 5.74) is 4.46. The maximum absolute atomic E-state index is 6.19. The van der Waals surface area contributed by atoms with Crippen molar-refractivity contribution >= 4 is 22.6 Å². The van der Waals surface area contributed by atoms with E-state index >= 15 is 0 Å².